The first kappa shape index (κ1) is 9.20. The number of hydrogen-bond donors (Lipinski definition) is 0. The fourth-order valence-corrected chi connectivity index (χ4v) is 0. The van der Waals surface area contributed by atoms with E-state index in [2.05, 4.69) is 0 Å². The summed E-state index contributed by atoms with van der Waals surface area (Å²) in [6, 6.07) is 0. The molecule has 0 bridgehead atoms. The van der Waals surface area contributed by atoms with E-state index in [4.69, 9.17) is 0 Å². The van der Waals surface area contributed by atoms with Gasteiger partial charge < -0.3 is 0 Å². The number of hydrogen-bond acceptors (Lipinski definition) is 0. The Morgan fingerprint density at radius 3 is 1.25 bits per heavy atom. The predicted molar refractivity (Wildman–Crippen MR) is 13.7 cm³/mol. The first-order valence-electron chi connectivity index (χ1n) is 0.436. The molecule has 0 aliphatic carbocycles. The Morgan fingerprint density at radius 1 is 1.25 bits per heavy atom. The van der Waals surface area contributed by atoms with E-state index in [1.54, 1.807) is 0 Å². The van der Waals surface area contributed by atoms with Crippen LogP contribution in [0, 0.1) is 0 Å². The number of rotatable bonds is 0. The smallest absolute Gasteiger partial charge is 0 e. The summed E-state index contributed by atoms with van der Waals surface area (Å²) in [6.45, 7) is 0. The maximum atomic E-state index is 9.83. The average Bonchev–Trinajstić information content (AvgIpc) is 0.918. The van der Waals surface area contributed by atoms with Crippen LogP contribution in [0.15, 0.2) is 0 Å². The molecule has 0 rings (SSSR count). The summed E-state index contributed by atoms with van der Waals surface area (Å²) >= 11 is -3.00. The van der Waals surface area contributed by atoms with Gasteiger partial charge in [-0.25, -0.2) is 0 Å². The summed E-state index contributed by atoms with van der Waals surface area (Å²) in [5.41, 5.74) is 0. The van der Waals surface area contributed by atoms with Crippen LogP contribution in [0.3, 0.4) is 0 Å². The Labute approximate surface area is 57.2 Å². The van der Waals surface area contributed by atoms with E-state index in [0.717, 1.165) is 0 Å². The van der Waals surface area contributed by atoms with Crippen molar-refractivity contribution in [1.82, 2.24) is 0 Å². The molecule has 0 nitrogen and oxygen atoms in total. The zero-order valence-electron chi connectivity index (χ0n) is 1.91. The van der Waals surface area contributed by atoms with Crippen LogP contribution in [-0.4, -0.2) is 52.8 Å². The maximum absolute atomic E-state index is 9.83. The standard InChI is InChI=1S/2FH.2Tl/h2*1H;;/q;;;+2/p-2. The molecule has 0 fully saturated rings. The summed E-state index contributed by atoms with van der Waals surface area (Å²) in [5.74, 6) is 0. The van der Waals surface area contributed by atoms with Crippen molar-refractivity contribution in [3.63, 3.8) is 0 Å². The minimum absolute atomic E-state index is 0. The summed E-state index contributed by atoms with van der Waals surface area (Å²) in [7, 11) is 0. The molecule has 0 aromatic carbocycles. The third-order valence-corrected chi connectivity index (χ3v) is 0. The summed E-state index contributed by atoms with van der Waals surface area (Å²) in [5, 5.41) is 0. The summed E-state index contributed by atoms with van der Waals surface area (Å²) in [4.78, 5) is 0. The molecule has 0 N–H and O–H groups in total. The van der Waals surface area contributed by atoms with Gasteiger partial charge in [0.1, 0.15) is 0 Å². The Hall–Kier alpha value is 1.70. The molecule has 1 radical (unpaired) electrons. The molecule has 0 saturated heterocycles. The van der Waals surface area contributed by atoms with Gasteiger partial charge in [-0.05, 0) is 0 Å². The normalized spacial score (nSPS) is 2.50. The molecule has 0 aromatic rings. The Bertz CT molecular complexity index is 4.00. The fraction of sp³-hybridized carbons (Fsp3) is 0. The first-order chi connectivity index (χ1) is 1.41. The molecule has 20 valence electrons. The minimum Gasteiger partial charge on any atom is 0 e. The zero-order valence-corrected chi connectivity index (χ0v) is 10.9. The van der Waals surface area contributed by atoms with Gasteiger partial charge in [-0.1, -0.05) is 0 Å². The van der Waals surface area contributed by atoms with Crippen molar-refractivity contribution in [3.8, 4) is 0 Å². The SMILES string of the molecule is [F][Tl][F].[Tl]. The van der Waals surface area contributed by atoms with Crippen LogP contribution in [0.4, 0.5) is 5.02 Å². The minimum atomic E-state index is -3.00. The van der Waals surface area contributed by atoms with Crippen molar-refractivity contribution < 1.29 is 5.02 Å². The molecule has 0 amide bonds. The van der Waals surface area contributed by atoms with Gasteiger partial charge in [0.25, 0.3) is 0 Å². The summed E-state index contributed by atoms with van der Waals surface area (Å²) < 4.78 is 19.7. The van der Waals surface area contributed by atoms with Crippen molar-refractivity contribution in [3.05, 3.63) is 0 Å². The van der Waals surface area contributed by atoms with Gasteiger partial charge in [-0.15, -0.1) is 0 Å². The van der Waals surface area contributed by atoms with Gasteiger partial charge in [0.2, 0.25) is 0 Å². The van der Waals surface area contributed by atoms with Crippen LogP contribution in [0.1, 0.15) is 0 Å². The molecule has 0 spiro atoms. The molecular weight excluding hydrogens is 447 g/mol. The van der Waals surface area contributed by atoms with Crippen LogP contribution in [0.25, 0.3) is 0 Å². The van der Waals surface area contributed by atoms with Gasteiger partial charge in [-0.2, -0.15) is 0 Å². The maximum Gasteiger partial charge on any atom is 0 e. The van der Waals surface area contributed by atoms with Crippen molar-refractivity contribution in [2.24, 2.45) is 0 Å². The molecule has 0 aromatic heterocycles. The molecule has 0 aliphatic heterocycles. The topological polar surface area (TPSA) is 0 Å². The quantitative estimate of drug-likeness (QED) is 0.463. The Kier molecular flexibility index (Phi) is 20.3. The summed E-state index contributed by atoms with van der Waals surface area (Å²) in [6.07, 6.45) is 0. The second kappa shape index (κ2) is 8.83. The second-order valence-electron chi connectivity index (χ2n) is 0.0825. The molecular formula is F2Tl2. The van der Waals surface area contributed by atoms with Crippen LogP contribution >= 0.6 is 0 Å². The van der Waals surface area contributed by atoms with Gasteiger partial charge in [0, 0.05) is 27.3 Å². The van der Waals surface area contributed by atoms with Crippen molar-refractivity contribution in [2.45, 2.75) is 0 Å². The predicted octanol–water partition coefficient (Wildman–Crippen LogP) is 0.0788. The molecule has 0 aliphatic rings. The Morgan fingerprint density at radius 2 is 1.25 bits per heavy atom. The van der Waals surface area contributed by atoms with Crippen LogP contribution in [-0.2, 0) is 0 Å². The van der Waals surface area contributed by atoms with Crippen LogP contribution < -0.4 is 0 Å². The number of halogens is 2. The van der Waals surface area contributed by atoms with Gasteiger partial charge in [0.15, 0.2) is 0 Å². The van der Waals surface area contributed by atoms with Crippen molar-refractivity contribution in [1.29, 1.82) is 0 Å². The molecule has 0 saturated carbocycles. The third-order valence-electron chi connectivity index (χ3n) is 0. The fourth-order valence-electron chi connectivity index (χ4n) is 0. The molecule has 0 atom stereocenters. The van der Waals surface area contributed by atoms with Crippen LogP contribution in [0.5, 0.6) is 0 Å². The molecule has 4 heteroatoms. The van der Waals surface area contributed by atoms with Crippen molar-refractivity contribution >= 4 is 52.8 Å². The molecule has 0 unspecified atom stereocenters. The first-order valence-corrected chi connectivity index (χ1v) is 3.83. The molecule has 0 heterocycles. The van der Waals surface area contributed by atoms with E-state index in [0.29, 0.717) is 0 Å². The second-order valence-corrected chi connectivity index (χ2v) is 0.724. The van der Waals surface area contributed by atoms with Gasteiger partial charge >= 0.3 is 30.5 Å². The van der Waals surface area contributed by atoms with Gasteiger partial charge in [0.05, 0.1) is 0 Å². The largest absolute Gasteiger partial charge is 0 e. The van der Waals surface area contributed by atoms with E-state index in [-0.39, 0.29) is 27.3 Å². The van der Waals surface area contributed by atoms with E-state index in [1.807, 2.05) is 0 Å². The van der Waals surface area contributed by atoms with E-state index in [1.165, 1.54) is 0 Å². The van der Waals surface area contributed by atoms with E-state index in [9.17, 15) is 5.02 Å². The van der Waals surface area contributed by atoms with Crippen molar-refractivity contribution in [2.75, 3.05) is 0 Å². The average molecular weight is 447 g/mol. The van der Waals surface area contributed by atoms with E-state index >= 15 is 0 Å². The zero-order chi connectivity index (χ0) is 2.71. The van der Waals surface area contributed by atoms with Gasteiger partial charge in [-0.3, -0.25) is 0 Å². The van der Waals surface area contributed by atoms with E-state index < -0.39 is 25.5 Å². The Balaban J connectivity index is 0. The third kappa shape index (κ3) is 9.33. The molecule has 4 heavy (non-hydrogen) atoms. The monoisotopic (exact) mass is 448 g/mol. The van der Waals surface area contributed by atoms with Crippen LogP contribution in [0.2, 0.25) is 0 Å².